The number of benzene rings is 1. The molecular weight excluding hydrogens is 246 g/mol. The van der Waals surface area contributed by atoms with Crippen LogP contribution in [-0.4, -0.2) is 26.8 Å². The van der Waals surface area contributed by atoms with Crippen LogP contribution in [0.5, 0.6) is 11.5 Å². The zero-order valence-corrected chi connectivity index (χ0v) is 11.4. The van der Waals surface area contributed by atoms with Crippen molar-refractivity contribution < 1.29 is 19.0 Å². The third kappa shape index (κ3) is 4.54. The number of rotatable bonds is 6. The first kappa shape index (κ1) is 14.9. The van der Waals surface area contributed by atoms with Crippen LogP contribution >= 0.6 is 0 Å². The van der Waals surface area contributed by atoms with Crippen LogP contribution in [0.1, 0.15) is 12.5 Å². The SMILES string of the molecule is CCOC(=O)/C=C(\N)Cc1ccc(OC)c(OC)c1. The highest BCUT2D eigenvalue weighted by molar-refractivity contribution is 5.82. The lowest BCUT2D eigenvalue weighted by Crippen LogP contribution is -2.08. The minimum absolute atomic E-state index is 0.332. The van der Waals surface area contributed by atoms with E-state index in [-0.39, 0.29) is 0 Å². The van der Waals surface area contributed by atoms with Gasteiger partial charge in [0.1, 0.15) is 0 Å². The van der Waals surface area contributed by atoms with Crippen LogP contribution in [0.15, 0.2) is 30.0 Å². The standard InChI is InChI=1S/C14H19NO4/c1-4-19-14(16)9-11(15)7-10-5-6-12(17-2)13(8-10)18-3/h5-6,8-9H,4,7,15H2,1-3H3/b11-9-. The van der Waals surface area contributed by atoms with Gasteiger partial charge in [0.25, 0.3) is 0 Å². The summed E-state index contributed by atoms with van der Waals surface area (Å²) in [6.07, 6.45) is 1.74. The summed E-state index contributed by atoms with van der Waals surface area (Å²) >= 11 is 0. The topological polar surface area (TPSA) is 70.8 Å². The predicted molar refractivity (Wildman–Crippen MR) is 72.2 cm³/mol. The Morgan fingerprint density at radius 1 is 1.26 bits per heavy atom. The van der Waals surface area contributed by atoms with Crippen molar-refractivity contribution in [2.24, 2.45) is 5.73 Å². The molecule has 1 aromatic carbocycles. The van der Waals surface area contributed by atoms with Gasteiger partial charge in [-0.25, -0.2) is 4.79 Å². The normalized spacial score (nSPS) is 11.0. The first-order chi connectivity index (χ1) is 9.10. The summed E-state index contributed by atoms with van der Waals surface area (Å²) in [7, 11) is 3.14. The molecule has 19 heavy (non-hydrogen) atoms. The summed E-state index contributed by atoms with van der Waals surface area (Å²) in [5, 5.41) is 0. The third-order valence-corrected chi connectivity index (χ3v) is 2.45. The quantitative estimate of drug-likeness (QED) is 0.625. The van der Waals surface area contributed by atoms with Gasteiger partial charge < -0.3 is 19.9 Å². The largest absolute Gasteiger partial charge is 0.493 e. The van der Waals surface area contributed by atoms with Crippen molar-refractivity contribution in [1.29, 1.82) is 0 Å². The summed E-state index contributed by atoms with van der Waals surface area (Å²) < 4.78 is 15.1. The first-order valence-corrected chi connectivity index (χ1v) is 5.94. The number of nitrogens with two attached hydrogens (primary N) is 1. The van der Waals surface area contributed by atoms with Gasteiger partial charge in [0.15, 0.2) is 11.5 Å². The number of esters is 1. The second-order valence-corrected chi connectivity index (χ2v) is 3.84. The first-order valence-electron chi connectivity index (χ1n) is 5.94. The number of allylic oxidation sites excluding steroid dienone is 1. The Morgan fingerprint density at radius 3 is 2.53 bits per heavy atom. The molecule has 0 fully saturated rings. The molecule has 0 saturated carbocycles. The molecular formula is C14H19NO4. The zero-order valence-electron chi connectivity index (χ0n) is 11.4. The van der Waals surface area contributed by atoms with E-state index in [4.69, 9.17) is 19.9 Å². The fraction of sp³-hybridized carbons (Fsp3) is 0.357. The third-order valence-electron chi connectivity index (χ3n) is 2.45. The van der Waals surface area contributed by atoms with Gasteiger partial charge in [0, 0.05) is 18.2 Å². The highest BCUT2D eigenvalue weighted by Crippen LogP contribution is 2.28. The van der Waals surface area contributed by atoms with E-state index in [1.54, 1.807) is 27.2 Å². The number of hydrogen-bond acceptors (Lipinski definition) is 5. The molecule has 0 aromatic heterocycles. The van der Waals surface area contributed by atoms with Crippen molar-refractivity contribution in [2.75, 3.05) is 20.8 Å². The van der Waals surface area contributed by atoms with Crippen LogP contribution in [0, 0.1) is 0 Å². The lowest BCUT2D eigenvalue weighted by Gasteiger charge is -2.09. The van der Waals surface area contributed by atoms with E-state index in [9.17, 15) is 4.79 Å². The molecule has 0 saturated heterocycles. The Labute approximate surface area is 113 Å². The van der Waals surface area contributed by atoms with Crippen LogP contribution in [0.3, 0.4) is 0 Å². The van der Waals surface area contributed by atoms with Gasteiger partial charge >= 0.3 is 5.97 Å². The van der Waals surface area contributed by atoms with E-state index in [0.29, 0.717) is 30.2 Å². The average Bonchev–Trinajstić information content (AvgIpc) is 2.38. The summed E-state index contributed by atoms with van der Waals surface area (Å²) in [4.78, 5) is 11.2. The summed E-state index contributed by atoms with van der Waals surface area (Å²) in [6, 6.07) is 5.49. The van der Waals surface area contributed by atoms with E-state index >= 15 is 0 Å². The van der Waals surface area contributed by atoms with Gasteiger partial charge in [0.2, 0.25) is 0 Å². The molecule has 0 aliphatic heterocycles. The van der Waals surface area contributed by atoms with Crippen molar-refractivity contribution in [3.8, 4) is 11.5 Å². The van der Waals surface area contributed by atoms with E-state index in [1.807, 2.05) is 12.1 Å². The van der Waals surface area contributed by atoms with E-state index in [0.717, 1.165) is 5.56 Å². The lowest BCUT2D eigenvalue weighted by atomic mass is 10.1. The highest BCUT2D eigenvalue weighted by Gasteiger charge is 2.06. The smallest absolute Gasteiger partial charge is 0.332 e. The Balaban J connectivity index is 2.79. The molecule has 0 aliphatic rings. The van der Waals surface area contributed by atoms with Crippen LogP contribution in [0.2, 0.25) is 0 Å². The molecule has 0 heterocycles. The maximum Gasteiger partial charge on any atom is 0.332 e. The minimum Gasteiger partial charge on any atom is -0.493 e. The van der Waals surface area contributed by atoms with Gasteiger partial charge in [-0.1, -0.05) is 6.07 Å². The van der Waals surface area contributed by atoms with Crippen molar-refractivity contribution >= 4 is 5.97 Å². The second-order valence-electron chi connectivity index (χ2n) is 3.84. The molecule has 0 atom stereocenters. The minimum atomic E-state index is -0.430. The van der Waals surface area contributed by atoms with Gasteiger partial charge in [-0.15, -0.1) is 0 Å². The fourth-order valence-electron chi connectivity index (χ4n) is 1.61. The van der Waals surface area contributed by atoms with Gasteiger partial charge in [-0.05, 0) is 24.6 Å². The molecule has 5 nitrogen and oxygen atoms in total. The molecule has 0 radical (unpaired) electrons. The lowest BCUT2D eigenvalue weighted by molar-refractivity contribution is -0.137. The molecule has 5 heteroatoms. The molecule has 0 unspecified atom stereocenters. The predicted octanol–water partition coefficient (Wildman–Crippen LogP) is 1.65. The van der Waals surface area contributed by atoms with E-state index in [1.165, 1.54) is 6.08 Å². The fourth-order valence-corrected chi connectivity index (χ4v) is 1.61. The van der Waals surface area contributed by atoms with Crippen molar-refractivity contribution in [1.82, 2.24) is 0 Å². The Kier molecular flexibility index (Phi) is 5.73. The molecule has 0 bridgehead atoms. The van der Waals surface area contributed by atoms with Crippen molar-refractivity contribution in [3.05, 3.63) is 35.5 Å². The number of ether oxygens (including phenoxy) is 3. The van der Waals surface area contributed by atoms with Gasteiger partial charge in [-0.3, -0.25) is 0 Å². The van der Waals surface area contributed by atoms with Gasteiger partial charge in [-0.2, -0.15) is 0 Å². The highest BCUT2D eigenvalue weighted by atomic mass is 16.5. The number of methoxy groups -OCH3 is 2. The molecule has 2 N–H and O–H groups in total. The van der Waals surface area contributed by atoms with Crippen LogP contribution in [0.4, 0.5) is 0 Å². The average molecular weight is 265 g/mol. The molecule has 0 amide bonds. The van der Waals surface area contributed by atoms with Crippen molar-refractivity contribution in [3.63, 3.8) is 0 Å². The molecule has 0 spiro atoms. The Bertz CT molecular complexity index is 469. The maximum absolute atomic E-state index is 11.2. The number of carbonyl (C=O) groups excluding carboxylic acids is 1. The maximum atomic E-state index is 11.2. The van der Waals surface area contributed by atoms with Gasteiger partial charge in [0.05, 0.1) is 20.8 Å². The molecule has 0 aliphatic carbocycles. The molecule has 1 aromatic rings. The molecule has 104 valence electrons. The van der Waals surface area contributed by atoms with Crippen LogP contribution in [-0.2, 0) is 16.0 Å². The zero-order chi connectivity index (χ0) is 14.3. The summed E-state index contributed by atoms with van der Waals surface area (Å²) in [5.41, 5.74) is 7.15. The Hall–Kier alpha value is -2.17. The summed E-state index contributed by atoms with van der Waals surface area (Å²) in [6.45, 7) is 2.08. The Morgan fingerprint density at radius 2 is 1.95 bits per heavy atom. The van der Waals surface area contributed by atoms with Crippen molar-refractivity contribution in [2.45, 2.75) is 13.3 Å². The monoisotopic (exact) mass is 265 g/mol. The number of carbonyl (C=O) groups is 1. The van der Waals surface area contributed by atoms with E-state index in [2.05, 4.69) is 0 Å². The van der Waals surface area contributed by atoms with Crippen LogP contribution in [0.25, 0.3) is 0 Å². The summed E-state index contributed by atoms with van der Waals surface area (Å²) in [5.74, 6) is 0.851. The molecule has 1 rings (SSSR count). The van der Waals surface area contributed by atoms with Crippen LogP contribution < -0.4 is 15.2 Å². The second kappa shape index (κ2) is 7.31. The van der Waals surface area contributed by atoms with E-state index < -0.39 is 5.97 Å². The number of hydrogen-bond donors (Lipinski definition) is 1.